The van der Waals surface area contributed by atoms with Crippen LogP contribution in [0.4, 0.5) is 0 Å². The fourth-order valence-electron chi connectivity index (χ4n) is 14.8. The molecule has 0 spiro atoms. The molecule has 2 aliphatic heterocycles. The molecule has 14 heteroatoms. The van der Waals surface area contributed by atoms with E-state index in [4.69, 9.17) is 18.9 Å². The molecule has 102 heavy (non-hydrogen) atoms. The first-order chi connectivity index (χ1) is 49.2. The van der Waals surface area contributed by atoms with Gasteiger partial charge in [-0.25, -0.2) is 0 Å². The van der Waals surface area contributed by atoms with Crippen molar-refractivity contribution in [3.05, 3.63) is 238 Å². The Morgan fingerprint density at radius 2 is 0.598 bits per heavy atom. The molecule has 2 unspecified atom stereocenters. The summed E-state index contributed by atoms with van der Waals surface area (Å²) in [6, 6.07) is 53.9. The quantitative estimate of drug-likeness (QED) is 0.0291. The number of fused-ring (bicyclic) bond motifs is 2. The maximum absolute atomic E-state index is 16.6. The van der Waals surface area contributed by atoms with E-state index < -0.39 is 35.7 Å². The Morgan fingerprint density at radius 1 is 0.333 bits per heavy atom. The normalized spacial score (nSPS) is 13.6. The monoisotopic (exact) mass is 1360 g/mol. The second-order valence-electron chi connectivity index (χ2n) is 28.2. The van der Waals surface area contributed by atoms with E-state index in [1.54, 1.807) is 34.1 Å². The van der Waals surface area contributed by atoms with Gasteiger partial charge in [-0.05, 0) is 157 Å². The van der Waals surface area contributed by atoms with E-state index in [1.165, 1.54) is 0 Å². The Morgan fingerprint density at radius 3 is 0.833 bits per heavy atom. The van der Waals surface area contributed by atoms with Gasteiger partial charge in [0.2, 0.25) is 11.8 Å². The fraction of sp³-hybridized carbons (Fsp3) is 0.295. The Labute approximate surface area is 597 Å². The van der Waals surface area contributed by atoms with E-state index in [0.29, 0.717) is 94.3 Å². The zero-order valence-corrected chi connectivity index (χ0v) is 60.3. The van der Waals surface area contributed by atoms with Gasteiger partial charge in [-0.3, -0.25) is 38.6 Å². The molecule has 14 nitrogen and oxygen atoms in total. The molecule has 0 saturated carbocycles. The van der Waals surface area contributed by atoms with Gasteiger partial charge >= 0.3 is 0 Å². The van der Waals surface area contributed by atoms with Crippen molar-refractivity contribution in [2.45, 2.75) is 145 Å². The number of carbonyl (C=O) groups excluding carboxylic acids is 6. The van der Waals surface area contributed by atoms with Gasteiger partial charge in [0.05, 0.1) is 22.3 Å². The third-order valence-electron chi connectivity index (χ3n) is 20.1. The van der Waals surface area contributed by atoms with Crippen molar-refractivity contribution in [3.63, 3.8) is 0 Å². The molecule has 0 aromatic heterocycles. The molecule has 2 heterocycles. The minimum atomic E-state index is -1.30. The van der Waals surface area contributed by atoms with Crippen LogP contribution in [0.1, 0.15) is 194 Å². The summed E-state index contributed by atoms with van der Waals surface area (Å²) in [7, 11) is 0. The Kier molecular flexibility index (Phi) is 19.8. The summed E-state index contributed by atoms with van der Waals surface area (Å²) in [4.78, 5) is 103. The number of hydrogen-bond donors (Lipinski definition) is 0. The molecule has 2 atom stereocenters. The molecule has 0 aliphatic carbocycles. The number of rotatable bonds is 26. The number of carbonyl (C=O) groups is 6. The zero-order valence-electron chi connectivity index (χ0n) is 60.3. The molecule has 6 amide bonds. The summed E-state index contributed by atoms with van der Waals surface area (Å²) in [5, 5.41) is 2.59. The van der Waals surface area contributed by atoms with Crippen LogP contribution < -0.4 is 18.9 Å². The maximum Gasteiger partial charge on any atom is 0.262 e. The number of amides is 6. The standard InChI is InChI=1S/C88H88N4O10/c1-13-39-89(15-3)87(97)69(41-55-27-19-17-20-28-55)91-83(93)65-47-71(99-61-35-23-31-57(43-61)51(5)6)77-79-73(101-63-37-25-33-59(45-63)53(9)10)49-67-76-68(86(96)92(85(67)95)70(42-56-29-21-18-22-30-56)88(98)90(16-4)40-14-2)50-74(102-64-38-26-34-60(46-64)54(11)12)80(82(76)79)78-72(48-66(84(91)94)75(65)81(77)78)100-62-36-24-32-58(44-62)52(7)8/h17-38,43-54,69-70H,13-16,39-42H2,1-12H3. The number of likely N-dealkylation sites (N-methyl/N-ethyl adjacent to an activating group) is 2. The average Bonchev–Trinajstić information content (AvgIpc) is 0.671. The summed E-state index contributed by atoms with van der Waals surface area (Å²) in [6.45, 7) is 25.9. The van der Waals surface area contributed by atoms with E-state index in [1.807, 2.05) is 185 Å². The molecular formula is C88H88N4O10. The molecule has 0 fully saturated rings. The van der Waals surface area contributed by atoms with Crippen LogP contribution in [0.2, 0.25) is 0 Å². The zero-order chi connectivity index (χ0) is 71.9. The van der Waals surface area contributed by atoms with E-state index >= 15 is 28.8 Å². The van der Waals surface area contributed by atoms with Crippen molar-refractivity contribution in [1.29, 1.82) is 0 Å². The van der Waals surface area contributed by atoms with Crippen molar-refractivity contribution < 1.29 is 47.7 Å². The van der Waals surface area contributed by atoms with Crippen molar-refractivity contribution in [2.24, 2.45) is 0 Å². The molecule has 11 aromatic rings. The second kappa shape index (κ2) is 29.0. The van der Waals surface area contributed by atoms with Crippen molar-refractivity contribution in [1.82, 2.24) is 19.6 Å². The van der Waals surface area contributed by atoms with Crippen molar-refractivity contribution >= 4 is 78.5 Å². The van der Waals surface area contributed by atoms with Gasteiger partial charge in [0.1, 0.15) is 58.1 Å². The lowest BCUT2D eigenvalue weighted by Crippen LogP contribution is -2.55. The van der Waals surface area contributed by atoms with Gasteiger partial charge in [0.15, 0.2) is 0 Å². The van der Waals surface area contributed by atoms with Gasteiger partial charge in [0, 0.05) is 82.1 Å². The first kappa shape index (κ1) is 69.6. The number of benzene rings is 11. The van der Waals surface area contributed by atoms with Crippen LogP contribution in [0.15, 0.2) is 182 Å². The van der Waals surface area contributed by atoms with Gasteiger partial charge < -0.3 is 28.7 Å². The predicted octanol–water partition coefficient (Wildman–Crippen LogP) is 20.3. The van der Waals surface area contributed by atoms with Crippen molar-refractivity contribution in [2.75, 3.05) is 26.2 Å². The van der Waals surface area contributed by atoms with Gasteiger partial charge in [-0.2, -0.15) is 0 Å². The van der Waals surface area contributed by atoms with Gasteiger partial charge in [-0.1, -0.05) is 178 Å². The lowest BCUT2D eigenvalue weighted by molar-refractivity contribution is -0.136. The summed E-state index contributed by atoms with van der Waals surface area (Å²) < 4.78 is 29.8. The minimum absolute atomic E-state index is 0.0196. The summed E-state index contributed by atoms with van der Waals surface area (Å²) >= 11 is 0. The van der Waals surface area contributed by atoms with Crippen LogP contribution in [0.3, 0.4) is 0 Å². The highest BCUT2D eigenvalue weighted by molar-refractivity contribution is 6.45. The first-order valence-corrected chi connectivity index (χ1v) is 36.1. The molecular weight excluding hydrogens is 1270 g/mol. The lowest BCUT2D eigenvalue weighted by Gasteiger charge is -2.37. The van der Waals surface area contributed by atoms with Crippen LogP contribution in [0, 0.1) is 0 Å². The Bertz CT molecular complexity index is 4530. The predicted molar refractivity (Wildman–Crippen MR) is 404 cm³/mol. The number of nitrogens with zero attached hydrogens (tertiary/aromatic N) is 4. The molecule has 520 valence electrons. The van der Waals surface area contributed by atoms with E-state index in [-0.39, 0.29) is 104 Å². The maximum atomic E-state index is 16.6. The topological polar surface area (TPSA) is 152 Å². The highest BCUT2D eigenvalue weighted by Gasteiger charge is 2.47. The van der Waals surface area contributed by atoms with E-state index in [2.05, 4.69) is 55.4 Å². The van der Waals surface area contributed by atoms with Gasteiger partial charge in [-0.15, -0.1) is 0 Å². The highest BCUT2D eigenvalue weighted by atomic mass is 16.5. The minimum Gasteiger partial charge on any atom is -0.457 e. The first-order valence-electron chi connectivity index (χ1n) is 36.1. The van der Waals surface area contributed by atoms with Crippen molar-refractivity contribution in [3.8, 4) is 46.0 Å². The van der Waals surface area contributed by atoms with Crippen LogP contribution in [-0.2, 0) is 22.4 Å². The SMILES string of the molecule is CCCN(CC)C(=O)C(Cc1ccccc1)N1C(=O)c2cc(Oc3cccc(C(C)C)c3)c3c4c(Oc5cccc(C(C)C)c5)cc5c6c(cc(Oc7cccc(C(C)C)c7)c(c7c(Oc8cccc(C(C)C)c8)cc(c2c37)C1=O)c64)C(=O)N(C(Cc1ccccc1)C(=O)N(CC)CCC)C5=O. The largest absolute Gasteiger partial charge is 0.457 e. The highest BCUT2D eigenvalue weighted by Crippen LogP contribution is 2.58. The fourth-order valence-corrected chi connectivity index (χ4v) is 14.8. The van der Waals surface area contributed by atoms with E-state index in [9.17, 15) is 0 Å². The molecule has 0 radical (unpaired) electrons. The van der Waals surface area contributed by atoms with Crippen LogP contribution >= 0.6 is 0 Å². The summed E-state index contributed by atoms with van der Waals surface area (Å²) in [5.41, 5.74) is 5.67. The number of ether oxygens (including phenoxy) is 4. The van der Waals surface area contributed by atoms with Crippen LogP contribution in [-0.4, -0.2) is 93.3 Å². The molecule has 2 aliphatic rings. The summed E-state index contributed by atoms with van der Waals surface area (Å²) in [5.74, 6) is -1.08. The van der Waals surface area contributed by atoms with E-state index in [0.717, 1.165) is 43.2 Å². The third-order valence-corrected chi connectivity index (χ3v) is 20.1. The smallest absolute Gasteiger partial charge is 0.262 e. The molecule has 0 saturated heterocycles. The average molecular weight is 1360 g/mol. The van der Waals surface area contributed by atoms with Crippen LogP contribution in [0.5, 0.6) is 46.0 Å². The third kappa shape index (κ3) is 13.0. The summed E-state index contributed by atoms with van der Waals surface area (Å²) in [6.07, 6.45) is 1.31. The number of hydrogen-bond acceptors (Lipinski definition) is 10. The molecule has 13 rings (SSSR count). The second-order valence-corrected chi connectivity index (χ2v) is 28.2. The Hall–Kier alpha value is -10.9. The number of imide groups is 2. The van der Waals surface area contributed by atoms with Gasteiger partial charge in [0.25, 0.3) is 23.6 Å². The molecule has 0 N–H and O–H groups in total. The molecule has 0 bridgehead atoms. The lowest BCUT2D eigenvalue weighted by atomic mass is 9.80. The van der Waals surface area contributed by atoms with Crippen LogP contribution in [0.25, 0.3) is 43.1 Å². The Balaban J connectivity index is 1.23. The molecule has 11 aromatic carbocycles.